The molecule has 1 heterocycles. The second-order valence-corrected chi connectivity index (χ2v) is 5.11. The number of aromatic nitrogens is 2. The van der Waals surface area contributed by atoms with E-state index in [0.29, 0.717) is 6.61 Å². The van der Waals surface area contributed by atoms with Crippen LogP contribution in [0.15, 0.2) is 60.7 Å². The Bertz CT molecular complexity index is 824. The van der Waals surface area contributed by atoms with Crippen molar-refractivity contribution in [1.82, 2.24) is 9.78 Å². The zero-order valence-corrected chi connectivity index (χ0v) is 13.6. The normalized spacial score (nSPS) is 10.4. The van der Waals surface area contributed by atoms with Crippen LogP contribution in [0.2, 0.25) is 0 Å². The van der Waals surface area contributed by atoms with Crippen LogP contribution in [-0.4, -0.2) is 29.5 Å². The molecule has 1 aromatic heterocycles. The first-order valence-corrected chi connectivity index (χ1v) is 7.70. The quantitative estimate of drug-likeness (QED) is 0.672. The Morgan fingerprint density at radius 1 is 1.08 bits per heavy atom. The number of hydrogen-bond donors (Lipinski definition) is 0. The first-order valence-electron chi connectivity index (χ1n) is 7.70. The van der Waals surface area contributed by atoms with Gasteiger partial charge in [0.1, 0.15) is 5.75 Å². The predicted molar refractivity (Wildman–Crippen MR) is 91.5 cm³/mol. The number of esters is 1. The van der Waals surface area contributed by atoms with Crippen LogP contribution < -0.4 is 4.74 Å². The van der Waals surface area contributed by atoms with Gasteiger partial charge in [-0.15, -0.1) is 0 Å². The lowest BCUT2D eigenvalue weighted by molar-refractivity contribution is 0.0519. The van der Waals surface area contributed by atoms with Crippen LogP contribution in [0.1, 0.15) is 17.4 Å². The number of methoxy groups -OCH3 is 1. The van der Waals surface area contributed by atoms with E-state index in [4.69, 9.17) is 9.47 Å². The molecule has 2 aromatic carbocycles. The van der Waals surface area contributed by atoms with E-state index in [9.17, 15) is 4.79 Å². The standard InChI is InChI=1S/C19H18N2O3/c1-3-24-19(22)17-13-18(14-7-5-4-6-8-14)21(20-17)15-9-11-16(23-2)12-10-15/h4-13H,3H2,1-2H3. The smallest absolute Gasteiger partial charge is 0.358 e. The lowest BCUT2D eigenvalue weighted by atomic mass is 10.1. The summed E-state index contributed by atoms with van der Waals surface area (Å²) in [5.74, 6) is 0.333. The molecule has 0 spiro atoms. The van der Waals surface area contributed by atoms with Crippen molar-refractivity contribution in [2.45, 2.75) is 6.92 Å². The number of ether oxygens (including phenoxy) is 2. The number of carbonyl (C=O) groups excluding carboxylic acids is 1. The molecule has 0 amide bonds. The molecule has 5 heteroatoms. The predicted octanol–water partition coefficient (Wildman–Crippen LogP) is 3.72. The van der Waals surface area contributed by atoms with Gasteiger partial charge in [0, 0.05) is 5.56 Å². The molecule has 0 aliphatic carbocycles. The average Bonchev–Trinajstić information content (AvgIpc) is 3.08. The summed E-state index contributed by atoms with van der Waals surface area (Å²) < 4.78 is 12.0. The van der Waals surface area contributed by atoms with E-state index in [2.05, 4.69) is 5.10 Å². The number of nitrogens with zero attached hydrogens (tertiary/aromatic N) is 2. The van der Waals surface area contributed by atoms with Gasteiger partial charge in [-0.05, 0) is 37.3 Å². The second-order valence-electron chi connectivity index (χ2n) is 5.11. The van der Waals surface area contributed by atoms with Crippen molar-refractivity contribution >= 4 is 5.97 Å². The summed E-state index contributed by atoms with van der Waals surface area (Å²) in [6.45, 7) is 2.09. The number of rotatable bonds is 5. The molecule has 5 nitrogen and oxygen atoms in total. The molecule has 0 unspecified atom stereocenters. The minimum Gasteiger partial charge on any atom is -0.497 e. The summed E-state index contributed by atoms with van der Waals surface area (Å²) >= 11 is 0. The zero-order valence-electron chi connectivity index (χ0n) is 13.6. The summed E-state index contributed by atoms with van der Waals surface area (Å²) in [5.41, 5.74) is 2.91. The largest absolute Gasteiger partial charge is 0.497 e. The van der Waals surface area contributed by atoms with Crippen LogP contribution in [0, 0.1) is 0 Å². The van der Waals surface area contributed by atoms with Crippen LogP contribution in [0.5, 0.6) is 5.75 Å². The molecule has 3 aromatic rings. The third-order valence-electron chi connectivity index (χ3n) is 3.58. The number of carbonyl (C=O) groups is 1. The maximum Gasteiger partial charge on any atom is 0.358 e. The molecule has 0 radical (unpaired) electrons. The molecule has 0 aliphatic rings. The zero-order chi connectivity index (χ0) is 16.9. The topological polar surface area (TPSA) is 53.4 Å². The summed E-state index contributed by atoms with van der Waals surface area (Å²) in [5, 5.41) is 4.43. The number of hydrogen-bond acceptors (Lipinski definition) is 4. The van der Waals surface area contributed by atoms with Gasteiger partial charge in [-0.2, -0.15) is 5.10 Å². The minimum atomic E-state index is -0.429. The Kier molecular flexibility index (Phi) is 4.61. The van der Waals surface area contributed by atoms with Crippen molar-refractivity contribution in [3.05, 3.63) is 66.4 Å². The van der Waals surface area contributed by atoms with Gasteiger partial charge in [0.25, 0.3) is 0 Å². The maximum atomic E-state index is 12.1. The lowest BCUT2D eigenvalue weighted by Crippen LogP contribution is -2.06. The molecular formula is C19H18N2O3. The van der Waals surface area contributed by atoms with Gasteiger partial charge in [-0.1, -0.05) is 30.3 Å². The summed E-state index contributed by atoms with van der Waals surface area (Å²) in [6.07, 6.45) is 0. The highest BCUT2D eigenvalue weighted by Gasteiger charge is 2.17. The molecule has 0 aliphatic heterocycles. The molecule has 3 rings (SSSR count). The van der Waals surface area contributed by atoms with Crippen LogP contribution >= 0.6 is 0 Å². The first-order chi connectivity index (χ1) is 11.7. The summed E-state index contributed by atoms with van der Waals surface area (Å²) in [4.78, 5) is 12.1. The van der Waals surface area contributed by atoms with Crippen LogP contribution in [-0.2, 0) is 4.74 Å². The van der Waals surface area contributed by atoms with Gasteiger partial charge < -0.3 is 9.47 Å². The van der Waals surface area contributed by atoms with Crippen LogP contribution in [0.25, 0.3) is 16.9 Å². The van der Waals surface area contributed by atoms with Crippen LogP contribution in [0.4, 0.5) is 0 Å². The fourth-order valence-corrected chi connectivity index (χ4v) is 2.42. The molecule has 0 saturated carbocycles. The third kappa shape index (κ3) is 3.15. The van der Waals surface area contributed by atoms with E-state index in [-0.39, 0.29) is 5.69 Å². The van der Waals surface area contributed by atoms with Gasteiger partial charge in [0.2, 0.25) is 0 Å². The van der Waals surface area contributed by atoms with Gasteiger partial charge in [-0.3, -0.25) is 0 Å². The molecule has 24 heavy (non-hydrogen) atoms. The Morgan fingerprint density at radius 3 is 2.42 bits per heavy atom. The summed E-state index contributed by atoms with van der Waals surface area (Å²) in [6, 6.07) is 19.1. The van der Waals surface area contributed by atoms with E-state index in [1.54, 1.807) is 24.8 Å². The molecule has 0 N–H and O–H groups in total. The van der Waals surface area contributed by atoms with Gasteiger partial charge >= 0.3 is 5.97 Å². The van der Waals surface area contributed by atoms with Crippen molar-refractivity contribution in [3.63, 3.8) is 0 Å². The molecule has 122 valence electrons. The Labute approximate surface area is 140 Å². The molecule has 0 saturated heterocycles. The maximum absolute atomic E-state index is 12.1. The molecule has 0 atom stereocenters. The van der Waals surface area contributed by atoms with Gasteiger partial charge in [-0.25, -0.2) is 9.48 Å². The molecule has 0 fully saturated rings. The van der Waals surface area contributed by atoms with Crippen LogP contribution in [0.3, 0.4) is 0 Å². The molecule has 0 bridgehead atoms. The van der Waals surface area contributed by atoms with Crippen molar-refractivity contribution < 1.29 is 14.3 Å². The Balaban J connectivity index is 2.09. The number of benzene rings is 2. The van der Waals surface area contributed by atoms with Gasteiger partial charge in [0.15, 0.2) is 5.69 Å². The van der Waals surface area contributed by atoms with E-state index in [0.717, 1.165) is 22.7 Å². The fourth-order valence-electron chi connectivity index (χ4n) is 2.42. The van der Waals surface area contributed by atoms with E-state index < -0.39 is 5.97 Å². The lowest BCUT2D eigenvalue weighted by Gasteiger charge is -2.08. The Morgan fingerprint density at radius 2 is 1.79 bits per heavy atom. The monoisotopic (exact) mass is 322 g/mol. The van der Waals surface area contributed by atoms with Crippen molar-refractivity contribution in [3.8, 4) is 22.7 Å². The second kappa shape index (κ2) is 7.00. The first kappa shape index (κ1) is 15.8. The van der Waals surface area contributed by atoms with Gasteiger partial charge in [0.05, 0.1) is 25.1 Å². The molecular weight excluding hydrogens is 304 g/mol. The van der Waals surface area contributed by atoms with E-state index in [1.807, 2.05) is 54.6 Å². The fraction of sp³-hybridized carbons (Fsp3) is 0.158. The minimum absolute atomic E-state index is 0.284. The van der Waals surface area contributed by atoms with E-state index >= 15 is 0 Å². The SMILES string of the molecule is CCOC(=O)c1cc(-c2ccccc2)n(-c2ccc(OC)cc2)n1. The highest BCUT2D eigenvalue weighted by atomic mass is 16.5. The highest BCUT2D eigenvalue weighted by molar-refractivity contribution is 5.89. The van der Waals surface area contributed by atoms with Crippen molar-refractivity contribution in [1.29, 1.82) is 0 Å². The summed E-state index contributed by atoms with van der Waals surface area (Å²) in [7, 11) is 1.62. The van der Waals surface area contributed by atoms with E-state index in [1.165, 1.54) is 0 Å². The van der Waals surface area contributed by atoms with Crippen molar-refractivity contribution in [2.24, 2.45) is 0 Å². The highest BCUT2D eigenvalue weighted by Crippen LogP contribution is 2.25. The average molecular weight is 322 g/mol. The third-order valence-corrected chi connectivity index (χ3v) is 3.58. The Hall–Kier alpha value is -3.08. The van der Waals surface area contributed by atoms with Crippen molar-refractivity contribution in [2.75, 3.05) is 13.7 Å².